The third-order valence-corrected chi connectivity index (χ3v) is 5.41. The molecule has 0 bridgehead atoms. The number of ether oxygens (including phenoxy) is 1. The Morgan fingerprint density at radius 2 is 1.86 bits per heavy atom. The van der Waals surface area contributed by atoms with E-state index in [4.69, 9.17) is 4.74 Å². The highest BCUT2D eigenvalue weighted by Crippen LogP contribution is 2.34. The number of likely N-dealkylation sites (tertiary alicyclic amines) is 1. The quantitative estimate of drug-likeness (QED) is 0.557. The predicted molar refractivity (Wildman–Crippen MR) is 104 cm³/mol. The van der Waals surface area contributed by atoms with Crippen LogP contribution in [0, 0.1) is 5.82 Å². The molecule has 0 spiro atoms. The zero-order valence-corrected chi connectivity index (χ0v) is 15.8. The van der Waals surface area contributed by atoms with Gasteiger partial charge in [0.05, 0.1) is 0 Å². The van der Waals surface area contributed by atoms with Crippen molar-refractivity contribution < 1.29 is 22.3 Å². The minimum Gasteiger partial charge on any atom is -0.484 e. The molecule has 29 heavy (non-hydrogen) atoms. The van der Waals surface area contributed by atoms with Crippen LogP contribution in [0.1, 0.15) is 29.9 Å². The van der Waals surface area contributed by atoms with E-state index in [2.05, 4.69) is 9.88 Å². The molecule has 1 aliphatic heterocycles. The van der Waals surface area contributed by atoms with E-state index in [1.165, 1.54) is 12.1 Å². The Hall–Kier alpha value is -2.54. The van der Waals surface area contributed by atoms with Gasteiger partial charge in [-0.05, 0) is 73.3 Å². The van der Waals surface area contributed by atoms with Gasteiger partial charge in [0.25, 0.3) is 0 Å². The fourth-order valence-electron chi connectivity index (χ4n) is 4.01. The lowest BCUT2D eigenvalue weighted by Gasteiger charge is -2.32. The number of nitrogens with zero attached hydrogens (tertiary/aromatic N) is 1. The summed E-state index contributed by atoms with van der Waals surface area (Å²) < 4.78 is 55.5. The second-order valence-electron chi connectivity index (χ2n) is 7.54. The molecule has 0 radical (unpaired) electrons. The van der Waals surface area contributed by atoms with Crippen molar-refractivity contribution in [1.82, 2.24) is 9.88 Å². The number of halogens is 4. The lowest BCUT2D eigenvalue weighted by molar-refractivity contribution is -0.153. The van der Waals surface area contributed by atoms with Gasteiger partial charge in [-0.2, -0.15) is 13.2 Å². The largest absolute Gasteiger partial charge is 0.484 e. The number of H-pyrrole nitrogens is 1. The van der Waals surface area contributed by atoms with Crippen molar-refractivity contribution in [3.05, 3.63) is 65.6 Å². The van der Waals surface area contributed by atoms with Crippen LogP contribution < -0.4 is 4.74 Å². The van der Waals surface area contributed by atoms with Crippen LogP contribution in [0.4, 0.5) is 17.6 Å². The van der Waals surface area contributed by atoms with Crippen LogP contribution in [-0.4, -0.2) is 35.8 Å². The van der Waals surface area contributed by atoms with Gasteiger partial charge in [-0.3, -0.25) is 4.90 Å². The first kappa shape index (κ1) is 19.8. The fourth-order valence-corrected chi connectivity index (χ4v) is 4.01. The molecule has 1 aromatic heterocycles. The Labute approximate surface area is 166 Å². The van der Waals surface area contributed by atoms with Crippen LogP contribution in [0.15, 0.2) is 48.7 Å². The monoisotopic (exact) mass is 406 g/mol. The summed E-state index contributed by atoms with van der Waals surface area (Å²) in [6.45, 7) is 1.13. The molecule has 0 unspecified atom stereocenters. The average molecular weight is 406 g/mol. The number of aromatic nitrogens is 1. The summed E-state index contributed by atoms with van der Waals surface area (Å²) in [7, 11) is 0. The van der Waals surface area contributed by atoms with Gasteiger partial charge in [0.15, 0.2) is 6.61 Å². The number of fused-ring (bicyclic) bond motifs is 1. The summed E-state index contributed by atoms with van der Waals surface area (Å²) in [6.07, 6.45) is -0.462. The first-order chi connectivity index (χ1) is 13.9. The van der Waals surface area contributed by atoms with Gasteiger partial charge >= 0.3 is 6.18 Å². The molecule has 4 rings (SSSR count). The minimum atomic E-state index is -4.34. The lowest BCUT2D eigenvalue weighted by Crippen LogP contribution is -2.32. The highest BCUT2D eigenvalue weighted by Gasteiger charge is 2.28. The number of hydrogen-bond donors (Lipinski definition) is 1. The van der Waals surface area contributed by atoms with Crippen molar-refractivity contribution in [2.75, 3.05) is 19.7 Å². The zero-order chi connectivity index (χ0) is 20.4. The van der Waals surface area contributed by atoms with Crippen molar-refractivity contribution in [2.45, 2.75) is 31.5 Å². The predicted octanol–water partition coefficient (Wildman–Crippen LogP) is 5.63. The summed E-state index contributed by atoms with van der Waals surface area (Å²) >= 11 is 0. The van der Waals surface area contributed by atoms with Gasteiger partial charge in [-0.25, -0.2) is 4.39 Å². The summed E-state index contributed by atoms with van der Waals surface area (Å²) in [5.41, 5.74) is 3.03. The molecule has 2 aromatic carbocycles. The van der Waals surface area contributed by atoms with Gasteiger partial charge in [-0.15, -0.1) is 0 Å². The van der Waals surface area contributed by atoms with Crippen molar-refractivity contribution in [2.24, 2.45) is 0 Å². The fraction of sp³-hybridized carbons (Fsp3) is 0.364. The van der Waals surface area contributed by atoms with Gasteiger partial charge in [0, 0.05) is 23.6 Å². The van der Waals surface area contributed by atoms with Crippen molar-refractivity contribution in [3.8, 4) is 5.75 Å². The summed E-state index contributed by atoms with van der Waals surface area (Å²) in [5, 5.41) is 0.943. The Morgan fingerprint density at radius 3 is 2.62 bits per heavy atom. The zero-order valence-electron chi connectivity index (χ0n) is 15.8. The molecule has 2 heterocycles. The van der Waals surface area contributed by atoms with Crippen molar-refractivity contribution >= 4 is 10.9 Å². The maximum Gasteiger partial charge on any atom is 0.422 e. The number of nitrogens with one attached hydrogen (secondary N) is 1. The van der Waals surface area contributed by atoms with E-state index < -0.39 is 12.8 Å². The minimum absolute atomic E-state index is 0.232. The van der Waals surface area contributed by atoms with Crippen LogP contribution in [-0.2, 0) is 6.54 Å². The average Bonchev–Trinajstić information content (AvgIpc) is 3.10. The second kappa shape index (κ2) is 8.06. The summed E-state index contributed by atoms with van der Waals surface area (Å²) in [4.78, 5) is 5.50. The SMILES string of the molecule is Fc1ccc2[nH]cc(C3CCN(Cc4cccc(OCC(F)(F)F)c4)CC3)c2c1. The number of piperidine rings is 1. The first-order valence-corrected chi connectivity index (χ1v) is 9.65. The van der Waals surface area contributed by atoms with Crippen LogP contribution in [0.3, 0.4) is 0 Å². The standard InChI is InChI=1S/C22H22F4N2O/c23-17-4-5-21-19(11-17)20(12-27-21)16-6-8-28(9-7-16)13-15-2-1-3-18(10-15)29-14-22(24,25)26/h1-5,10-12,16,27H,6-9,13-14H2. The maximum absolute atomic E-state index is 13.6. The molecule has 1 saturated heterocycles. The molecule has 0 amide bonds. The third-order valence-electron chi connectivity index (χ3n) is 5.41. The van der Waals surface area contributed by atoms with Gasteiger partial charge in [0.2, 0.25) is 0 Å². The topological polar surface area (TPSA) is 28.3 Å². The molecule has 3 nitrogen and oxygen atoms in total. The van der Waals surface area contributed by atoms with Crippen LogP contribution in [0.5, 0.6) is 5.75 Å². The van der Waals surface area contributed by atoms with Gasteiger partial charge in [0.1, 0.15) is 11.6 Å². The number of rotatable bonds is 5. The Bertz CT molecular complexity index is 974. The molecule has 3 aromatic rings. The number of aromatic amines is 1. The second-order valence-corrected chi connectivity index (χ2v) is 7.54. The number of alkyl halides is 3. The highest BCUT2D eigenvalue weighted by atomic mass is 19.4. The smallest absolute Gasteiger partial charge is 0.422 e. The summed E-state index contributed by atoms with van der Waals surface area (Å²) in [5.74, 6) is 0.363. The van der Waals surface area contributed by atoms with E-state index in [1.54, 1.807) is 24.3 Å². The Morgan fingerprint density at radius 1 is 1.07 bits per heavy atom. The van der Waals surface area contributed by atoms with E-state index >= 15 is 0 Å². The third kappa shape index (κ3) is 4.90. The molecule has 0 atom stereocenters. The molecule has 0 saturated carbocycles. The molecular formula is C22H22F4N2O. The van der Waals surface area contributed by atoms with E-state index in [1.807, 2.05) is 12.3 Å². The molecule has 1 aliphatic rings. The highest BCUT2D eigenvalue weighted by molar-refractivity contribution is 5.83. The van der Waals surface area contributed by atoms with Crippen molar-refractivity contribution in [3.63, 3.8) is 0 Å². The lowest BCUT2D eigenvalue weighted by atomic mass is 9.89. The van der Waals surface area contributed by atoms with Gasteiger partial charge in [-0.1, -0.05) is 12.1 Å². The van der Waals surface area contributed by atoms with E-state index in [9.17, 15) is 17.6 Å². The van der Waals surface area contributed by atoms with E-state index in [0.717, 1.165) is 48.0 Å². The molecule has 7 heteroatoms. The summed E-state index contributed by atoms with van der Waals surface area (Å²) in [6, 6.07) is 11.6. The number of hydrogen-bond acceptors (Lipinski definition) is 2. The van der Waals surface area contributed by atoms with Crippen LogP contribution in [0.2, 0.25) is 0 Å². The molecule has 1 N–H and O–H groups in total. The van der Waals surface area contributed by atoms with Crippen LogP contribution in [0.25, 0.3) is 10.9 Å². The Balaban J connectivity index is 1.36. The normalized spacial score (nSPS) is 16.4. The van der Waals surface area contributed by atoms with Crippen LogP contribution >= 0.6 is 0 Å². The molecule has 1 fully saturated rings. The molecular weight excluding hydrogens is 384 g/mol. The van der Waals surface area contributed by atoms with E-state index in [0.29, 0.717) is 12.5 Å². The molecule has 0 aliphatic carbocycles. The van der Waals surface area contributed by atoms with Gasteiger partial charge < -0.3 is 9.72 Å². The maximum atomic E-state index is 13.6. The molecule has 154 valence electrons. The van der Waals surface area contributed by atoms with E-state index in [-0.39, 0.29) is 11.6 Å². The Kier molecular flexibility index (Phi) is 5.50. The van der Waals surface area contributed by atoms with Crippen molar-refractivity contribution in [1.29, 1.82) is 0 Å². The first-order valence-electron chi connectivity index (χ1n) is 9.65. The number of benzene rings is 2.